The van der Waals surface area contributed by atoms with E-state index in [1.54, 1.807) is 21.8 Å². The molecule has 2 aromatic rings. The van der Waals surface area contributed by atoms with Crippen LogP contribution in [0.2, 0.25) is 0 Å². The topological polar surface area (TPSA) is 88.5 Å². The number of carbonyl (C=O) groups is 1. The summed E-state index contributed by atoms with van der Waals surface area (Å²) >= 11 is 3.42. The van der Waals surface area contributed by atoms with Crippen molar-refractivity contribution >= 4 is 27.5 Å². The number of nitrogens with one attached hydrogen (secondary N) is 1. The lowest BCUT2D eigenvalue weighted by atomic mass is 10.2. The van der Waals surface area contributed by atoms with E-state index in [-0.39, 0.29) is 5.91 Å². The summed E-state index contributed by atoms with van der Waals surface area (Å²) in [5.41, 5.74) is 1.93. The lowest BCUT2D eigenvalue weighted by Gasteiger charge is -2.05. The van der Waals surface area contributed by atoms with Crippen molar-refractivity contribution in [1.29, 1.82) is 5.26 Å². The molecule has 23 heavy (non-hydrogen) atoms. The third kappa shape index (κ3) is 4.20. The van der Waals surface area contributed by atoms with Crippen LogP contribution in [0.4, 0.5) is 5.69 Å². The van der Waals surface area contributed by atoms with E-state index in [0.29, 0.717) is 28.8 Å². The van der Waals surface area contributed by atoms with Crippen molar-refractivity contribution < 1.29 is 4.79 Å². The van der Waals surface area contributed by atoms with E-state index in [9.17, 15) is 4.79 Å². The fourth-order valence-electron chi connectivity index (χ4n) is 2.22. The summed E-state index contributed by atoms with van der Waals surface area (Å²) in [6, 6.07) is 2.12. The lowest BCUT2D eigenvalue weighted by molar-refractivity contribution is 0.101. The normalized spacial score (nSPS) is 10.5. The first-order valence-corrected chi connectivity index (χ1v) is 8.29. The highest BCUT2D eigenvalue weighted by Gasteiger charge is 2.19. The second-order valence-corrected chi connectivity index (χ2v) is 5.92. The van der Waals surface area contributed by atoms with Gasteiger partial charge in [0, 0.05) is 25.7 Å². The maximum Gasteiger partial charge on any atom is 0.275 e. The van der Waals surface area contributed by atoms with Crippen molar-refractivity contribution in [3.8, 4) is 6.07 Å². The van der Waals surface area contributed by atoms with Crippen LogP contribution in [0.25, 0.3) is 0 Å². The molecule has 2 heterocycles. The van der Waals surface area contributed by atoms with Gasteiger partial charge in [-0.3, -0.25) is 14.2 Å². The molecule has 1 N–H and O–H groups in total. The van der Waals surface area contributed by atoms with E-state index in [1.165, 1.54) is 0 Å². The zero-order valence-corrected chi connectivity index (χ0v) is 14.8. The highest BCUT2D eigenvalue weighted by Crippen LogP contribution is 2.22. The Morgan fingerprint density at radius 2 is 2.26 bits per heavy atom. The summed E-state index contributed by atoms with van der Waals surface area (Å²) < 4.78 is 4.14. The van der Waals surface area contributed by atoms with E-state index in [4.69, 9.17) is 5.26 Å². The Morgan fingerprint density at radius 3 is 2.96 bits per heavy atom. The van der Waals surface area contributed by atoms with Crippen LogP contribution in [0.15, 0.2) is 16.9 Å². The maximum atomic E-state index is 12.5. The molecular weight excluding hydrogens is 360 g/mol. The minimum absolute atomic E-state index is 0.219. The molecule has 0 bridgehead atoms. The molecule has 0 radical (unpaired) electrons. The van der Waals surface area contributed by atoms with Gasteiger partial charge in [-0.05, 0) is 42.6 Å². The molecule has 1 amide bonds. The van der Waals surface area contributed by atoms with Crippen LogP contribution in [0.3, 0.4) is 0 Å². The first-order valence-electron chi connectivity index (χ1n) is 7.50. The molecule has 0 unspecified atom stereocenters. The zero-order chi connectivity index (χ0) is 16.8. The Labute approximate surface area is 143 Å². The van der Waals surface area contributed by atoms with Crippen molar-refractivity contribution in [3.05, 3.63) is 28.3 Å². The quantitative estimate of drug-likeness (QED) is 0.749. The van der Waals surface area contributed by atoms with Gasteiger partial charge in [0.1, 0.15) is 5.69 Å². The number of hydrogen-bond acceptors (Lipinski definition) is 4. The van der Waals surface area contributed by atoms with Crippen LogP contribution in [0, 0.1) is 18.3 Å². The molecule has 0 saturated carbocycles. The molecular formula is C15H19BrN6O. The minimum Gasteiger partial charge on any atom is -0.318 e. The number of hydrogen-bond donors (Lipinski definition) is 1. The number of amides is 1. The summed E-state index contributed by atoms with van der Waals surface area (Å²) in [6.07, 6.45) is 5.70. The summed E-state index contributed by atoms with van der Waals surface area (Å²) in [6.45, 7) is 5.14. The Balaban J connectivity index is 2.01. The van der Waals surface area contributed by atoms with Gasteiger partial charge in [0.15, 0.2) is 0 Å². The first-order chi connectivity index (χ1) is 11.1. The number of unbranched alkanes of at least 4 members (excludes halogenated alkanes) is 2. The van der Waals surface area contributed by atoms with Crippen LogP contribution < -0.4 is 5.32 Å². The van der Waals surface area contributed by atoms with Crippen LogP contribution in [0.1, 0.15) is 42.4 Å². The van der Waals surface area contributed by atoms with Crippen LogP contribution in [-0.4, -0.2) is 25.5 Å². The second-order valence-electron chi connectivity index (χ2n) is 5.13. The Kier molecular flexibility index (Phi) is 5.93. The Hall–Kier alpha value is -2.14. The largest absolute Gasteiger partial charge is 0.318 e. The summed E-state index contributed by atoms with van der Waals surface area (Å²) in [5, 5.41) is 19.9. The lowest BCUT2D eigenvalue weighted by Crippen LogP contribution is -2.17. The van der Waals surface area contributed by atoms with Crippen LogP contribution in [-0.2, 0) is 13.1 Å². The molecule has 0 saturated heterocycles. The minimum atomic E-state index is -0.219. The molecule has 0 aliphatic heterocycles. The molecule has 122 valence electrons. The highest BCUT2D eigenvalue weighted by molar-refractivity contribution is 9.10. The summed E-state index contributed by atoms with van der Waals surface area (Å²) in [7, 11) is 0. The molecule has 0 aromatic carbocycles. The molecule has 2 aromatic heterocycles. The van der Waals surface area contributed by atoms with Crippen molar-refractivity contribution in [2.75, 3.05) is 5.32 Å². The average molecular weight is 379 g/mol. The van der Waals surface area contributed by atoms with Gasteiger partial charge in [-0.1, -0.05) is 0 Å². The number of nitriles is 1. The SMILES string of the molecule is CCn1nc(C)c(Br)c1C(=O)Nc1cnn(CCCCC#N)c1. The molecule has 7 nitrogen and oxygen atoms in total. The number of nitrogens with zero attached hydrogens (tertiary/aromatic N) is 5. The monoisotopic (exact) mass is 378 g/mol. The number of anilines is 1. The fourth-order valence-corrected chi connectivity index (χ4v) is 2.69. The van der Waals surface area contributed by atoms with E-state index < -0.39 is 0 Å². The standard InChI is InChI=1S/C15H19BrN6O/c1-3-22-14(13(16)11(2)20-22)15(23)19-12-9-18-21(10-12)8-6-4-5-7-17/h9-10H,3-6,8H2,1-2H3,(H,19,23). The number of halogens is 1. The Morgan fingerprint density at radius 1 is 1.48 bits per heavy atom. The second kappa shape index (κ2) is 7.92. The van der Waals surface area contributed by atoms with Gasteiger partial charge in [0.05, 0.1) is 28.1 Å². The van der Waals surface area contributed by atoms with E-state index in [1.807, 2.05) is 13.8 Å². The van der Waals surface area contributed by atoms with Gasteiger partial charge in [0.25, 0.3) is 5.91 Å². The fraction of sp³-hybridized carbons (Fsp3) is 0.467. The van der Waals surface area contributed by atoms with E-state index in [0.717, 1.165) is 25.1 Å². The Bertz CT molecular complexity index is 727. The van der Waals surface area contributed by atoms with Gasteiger partial charge >= 0.3 is 0 Å². The van der Waals surface area contributed by atoms with Gasteiger partial charge in [0.2, 0.25) is 0 Å². The van der Waals surface area contributed by atoms with Crippen LogP contribution in [0.5, 0.6) is 0 Å². The van der Waals surface area contributed by atoms with Gasteiger partial charge in [-0.25, -0.2) is 0 Å². The van der Waals surface area contributed by atoms with Crippen molar-refractivity contribution in [1.82, 2.24) is 19.6 Å². The van der Waals surface area contributed by atoms with Crippen molar-refractivity contribution in [2.24, 2.45) is 0 Å². The smallest absolute Gasteiger partial charge is 0.275 e. The molecule has 0 spiro atoms. The number of aryl methyl sites for hydroxylation is 3. The third-order valence-electron chi connectivity index (χ3n) is 3.39. The number of carbonyl (C=O) groups excluding carboxylic acids is 1. The van der Waals surface area contributed by atoms with E-state index in [2.05, 4.69) is 37.5 Å². The maximum absolute atomic E-state index is 12.5. The number of aromatic nitrogens is 4. The van der Waals surface area contributed by atoms with Gasteiger partial charge in [-0.15, -0.1) is 0 Å². The predicted molar refractivity (Wildman–Crippen MR) is 90.0 cm³/mol. The van der Waals surface area contributed by atoms with Crippen molar-refractivity contribution in [2.45, 2.75) is 46.2 Å². The predicted octanol–water partition coefficient (Wildman–Crippen LogP) is 3.12. The first kappa shape index (κ1) is 17.2. The molecule has 8 heteroatoms. The van der Waals surface area contributed by atoms with Gasteiger partial charge in [-0.2, -0.15) is 15.5 Å². The van der Waals surface area contributed by atoms with Gasteiger partial charge < -0.3 is 5.32 Å². The van der Waals surface area contributed by atoms with Crippen LogP contribution >= 0.6 is 15.9 Å². The highest BCUT2D eigenvalue weighted by atomic mass is 79.9. The molecule has 0 aliphatic rings. The summed E-state index contributed by atoms with van der Waals surface area (Å²) in [4.78, 5) is 12.5. The molecule has 0 fully saturated rings. The zero-order valence-electron chi connectivity index (χ0n) is 13.2. The third-order valence-corrected chi connectivity index (χ3v) is 4.34. The van der Waals surface area contributed by atoms with E-state index >= 15 is 0 Å². The molecule has 2 rings (SSSR count). The van der Waals surface area contributed by atoms with Crippen molar-refractivity contribution in [3.63, 3.8) is 0 Å². The molecule has 0 aliphatic carbocycles. The molecule has 0 atom stereocenters. The number of rotatable bonds is 7. The summed E-state index contributed by atoms with van der Waals surface area (Å²) in [5.74, 6) is -0.219. The average Bonchev–Trinajstić information content (AvgIpc) is 3.08.